The smallest absolute Gasteiger partial charge is 0.249 e. The van der Waals surface area contributed by atoms with E-state index in [2.05, 4.69) is 6.07 Å². The van der Waals surface area contributed by atoms with Crippen LogP contribution in [0.4, 0.5) is 0 Å². The molecule has 6 atom stereocenters. The third-order valence-electron chi connectivity index (χ3n) is 8.42. The molecule has 12 heteroatoms. The van der Waals surface area contributed by atoms with E-state index < -0.39 is 65.4 Å². The highest BCUT2D eigenvalue weighted by Crippen LogP contribution is 2.57. The zero-order valence-corrected chi connectivity index (χ0v) is 28.7. The molecule has 224 valence electrons. The number of amides is 1. The largest absolute Gasteiger partial charge is 0.432 e. The number of carbonyl (C=O) groups is 1. The van der Waals surface area contributed by atoms with Gasteiger partial charge in [-0.1, -0.05) is 44.2 Å². The molecule has 3 N–H and O–H groups in total. The maximum Gasteiger partial charge on any atom is 0.249 e. The molecular weight excluding hydrogens is 561 g/mol. The molecule has 40 heavy (non-hydrogen) atoms. The second kappa shape index (κ2) is 11.0. The van der Waals surface area contributed by atoms with Crippen molar-refractivity contribution in [1.29, 1.82) is 5.26 Å². The normalized spacial score (nSPS) is 31.7. The zero-order chi connectivity index (χ0) is 30.5. The van der Waals surface area contributed by atoms with Crippen LogP contribution in [0.2, 0.25) is 57.4 Å². The molecule has 1 saturated carbocycles. The number of hydroxylamine groups is 2. The molecule has 1 aliphatic heterocycles. The average molecular weight is 609 g/mol. The van der Waals surface area contributed by atoms with Gasteiger partial charge in [-0.05, 0) is 69.4 Å². The molecule has 2 fully saturated rings. The van der Waals surface area contributed by atoms with Gasteiger partial charge in [0, 0.05) is 5.92 Å². The Bertz CT molecular complexity index is 1110. The molecule has 1 aliphatic carbocycles. The summed E-state index contributed by atoms with van der Waals surface area (Å²) >= 11 is 0. The Balaban J connectivity index is 2.23. The molecule has 9 nitrogen and oxygen atoms in total. The summed E-state index contributed by atoms with van der Waals surface area (Å²) in [6.45, 7) is 19.5. The fourth-order valence-corrected chi connectivity index (χ4v) is 8.96. The molecule has 0 unspecified atom stereocenters. The van der Waals surface area contributed by atoms with Crippen molar-refractivity contribution in [2.24, 2.45) is 5.92 Å². The van der Waals surface area contributed by atoms with Crippen molar-refractivity contribution in [3.8, 4) is 6.07 Å². The Morgan fingerprint density at radius 2 is 1.60 bits per heavy atom. The number of rotatable bonds is 10. The fraction of sp³-hybridized carbons (Fsp3) is 0.714. The lowest BCUT2D eigenvalue weighted by atomic mass is 9.57. The first-order chi connectivity index (χ1) is 18.1. The van der Waals surface area contributed by atoms with Crippen LogP contribution in [0.5, 0.6) is 0 Å². The van der Waals surface area contributed by atoms with Crippen molar-refractivity contribution in [3.63, 3.8) is 0 Å². The van der Waals surface area contributed by atoms with Crippen LogP contribution in [0.25, 0.3) is 0 Å². The van der Waals surface area contributed by atoms with Crippen LogP contribution in [-0.4, -0.2) is 80.4 Å². The highest BCUT2D eigenvalue weighted by Gasteiger charge is 2.75. The maximum absolute atomic E-state index is 13.1. The van der Waals surface area contributed by atoms with Crippen LogP contribution in [0.1, 0.15) is 32.3 Å². The zero-order valence-electron chi connectivity index (χ0n) is 25.7. The van der Waals surface area contributed by atoms with E-state index >= 15 is 0 Å². The first-order valence-corrected chi connectivity index (χ1v) is 23.8. The Labute approximate surface area is 242 Å². The van der Waals surface area contributed by atoms with Crippen molar-refractivity contribution in [2.75, 3.05) is 0 Å². The number of nitriles is 1. The lowest BCUT2D eigenvalue weighted by Gasteiger charge is -2.66. The number of hydrogen-bond donors (Lipinski definition) is 3. The van der Waals surface area contributed by atoms with Crippen LogP contribution in [-0.2, 0) is 25.1 Å². The molecule has 1 aromatic carbocycles. The Hall–Kier alpha value is -1.41. The van der Waals surface area contributed by atoms with E-state index in [1.54, 1.807) is 0 Å². The minimum absolute atomic E-state index is 0.0817. The van der Waals surface area contributed by atoms with Crippen LogP contribution >= 0.6 is 0 Å². The minimum Gasteiger partial charge on any atom is -0.432 e. The van der Waals surface area contributed by atoms with E-state index in [1.807, 2.05) is 96.6 Å². The topological polar surface area (TPSA) is 132 Å². The third kappa shape index (κ3) is 6.18. The number of aliphatic hydroxyl groups excluding tert-OH is 2. The lowest BCUT2D eigenvalue weighted by molar-refractivity contribution is -0.338. The van der Waals surface area contributed by atoms with Gasteiger partial charge in [-0.25, -0.2) is 5.06 Å². The van der Waals surface area contributed by atoms with Crippen molar-refractivity contribution in [1.82, 2.24) is 5.06 Å². The summed E-state index contributed by atoms with van der Waals surface area (Å²) in [7, 11) is -7.70. The van der Waals surface area contributed by atoms with Crippen LogP contribution < -0.4 is 0 Å². The van der Waals surface area contributed by atoms with E-state index in [-0.39, 0.29) is 25.4 Å². The van der Waals surface area contributed by atoms with Crippen LogP contribution in [0, 0.1) is 17.2 Å². The molecule has 1 saturated heterocycles. The van der Waals surface area contributed by atoms with E-state index in [4.69, 9.17) is 13.7 Å². The van der Waals surface area contributed by atoms with Gasteiger partial charge >= 0.3 is 0 Å². The number of nitrogens with zero attached hydrogens (tertiary/aromatic N) is 2. The Morgan fingerprint density at radius 3 is 2.05 bits per heavy atom. The van der Waals surface area contributed by atoms with Crippen molar-refractivity contribution in [3.05, 3.63) is 35.9 Å². The summed E-state index contributed by atoms with van der Waals surface area (Å²) in [6.07, 6.45) is -3.94. The molecule has 2 aliphatic rings. The summed E-state index contributed by atoms with van der Waals surface area (Å²) in [5.74, 6) is -1.11. The van der Waals surface area contributed by atoms with Gasteiger partial charge in [0.05, 0.1) is 18.6 Å². The van der Waals surface area contributed by atoms with Crippen LogP contribution in [0.15, 0.2) is 30.3 Å². The standard InChI is InChI=1S/C28H48N2O7Si3/c1-26(2,40(9,10)34)16-21-25(36-38(3,4)5)27(23(32)24(33)28(21,19-29)37-39(6,7)8)17-22(31)30(27)35-18-20-14-12-11-13-15-20/h11-15,21,23-25,32-34H,16-18H2,1-10H3/t21-,23+,24-,25+,27+,28+/m0/s1. The highest BCUT2D eigenvalue weighted by atomic mass is 28.4. The van der Waals surface area contributed by atoms with Crippen LogP contribution in [0.3, 0.4) is 0 Å². The fourth-order valence-electron chi connectivity index (χ4n) is 5.78. The summed E-state index contributed by atoms with van der Waals surface area (Å²) < 4.78 is 13.4. The molecule has 0 bridgehead atoms. The summed E-state index contributed by atoms with van der Waals surface area (Å²) in [6, 6.07) is 11.7. The third-order valence-corrected chi connectivity index (χ3v) is 13.8. The number of hydrogen-bond acceptors (Lipinski definition) is 8. The molecule has 0 radical (unpaired) electrons. The van der Waals surface area contributed by atoms with E-state index in [0.717, 1.165) is 5.56 Å². The summed E-state index contributed by atoms with van der Waals surface area (Å²) in [5, 5.41) is 35.1. The van der Waals surface area contributed by atoms with Gasteiger partial charge in [-0.2, -0.15) is 5.26 Å². The summed E-state index contributed by atoms with van der Waals surface area (Å²) in [4.78, 5) is 30.5. The molecule has 1 heterocycles. The van der Waals surface area contributed by atoms with Gasteiger partial charge in [0.1, 0.15) is 24.4 Å². The predicted octanol–water partition coefficient (Wildman–Crippen LogP) is 4.14. The second-order valence-corrected chi connectivity index (χ2v) is 27.9. The molecular formula is C28H48N2O7Si3. The van der Waals surface area contributed by atoms with Gasteiger partial charge in [0.15, 0.2) is 30.6 Å². The first kappa shape index (κ1) is 33.1. The van der Waals surface area contributed by atoms with Crippen molar-refractivity contribution < 1.29 is 33.5 Å². The van der Waals surface area contributed by atoms with E-state index in [0.29, 0.717) is 0 Å². The van der Waals surface area contributed by atoms with Gasteiger partial charge < -0.3 is 23.9 Å². The molecule has 0 aromatic heterocycles. The molecule has 1 spiro atoms. The highest BCUT2D eigenvalue weighted by molar-refractivity contribution is 6.73. The van der Waals surface area contributed by atoms with Gasteiger partial charge in [-0.3, -0.25) is 9.63 Å². The quantitative estimate of drug-likeness (QED) is 0.267. The van der Waals surface area contributed by atoms with Gasteiger partial charge in [0.25, 0.3) is 0 Å². The van der Waals surface area contributed by atoms with Gasteiger partial charge in [0.2, 0.25) is 5.91 Å². The Kier molecular flexibility index (Phi) is 9.12. The second-order valence-electron chi connectivity index (χ2n) is 14.5. The Morgan fingerprint density at radius 1 is 1.02 bits per heavy atom. The SMILES string of the molecule is CC(C)(C[C@H]1[C@@H](O[Si](C)(C)C)[C@@]2(CC(=O)N2OCc2ccccc2)[C@H](O)[C@H](O)[C@]1(C#N)O[Si](C)(C)C)[Si](C)(C)O. The predicted molar refractivity (Wildman–Crippen MR) is 160 cm³/mol. The number of benzene rings is 1. The molecule has 1 aromatic rings. The van der Waals surface area contributed by atoms with Crippen molar-refractivity contribution >= 4 is 30.9 Å². The number of aliphatic hydroxyl groups is 2. The monoisotopic (exact) mass is 608 g/mol. The maximum atomic E-state index is 13.1. The summed E-state index contributed by atoms with van der Waals surface area (Å²) in [5.41, 5.74) is -2.42. The van der Waals surface area contributed by atoms with Crippen molar-refractivity contribution in [2.45, 2.75) is 120 Å². The molecule has 1 amide bonds. The average Bonchev–Trinajstić information content (AvgIpc) is 2.80. The lowest BCUT2D eigenvalue weighted by Crippen LogP contribution is -2.85. The van der Waals surface area contributed by atoms with E-state index in [1.165, 1.54) is 5.06 Å². The molecule has 3 rings (SSSR count). The van der Waals surface area contributed by atoms with Gasteiger partial charge in [-0.15, -0.1) is 0 Å². The minimum atomic E-state index is -2.81. The number of carbonyl (C=O) groups excluding carboxylic acids is 1. The van der Waals surface area contributed by atoms with E-state index in [9.17, 15) is 25.1 Å². The first-order valence-electron chi connectivity index (χ1n) is 14.0. The number of β-lactam (4-membered cyclic amide) rings is 1.